The quantitative estimate of drug-likeness (QED) is 0.478. The molecule has 4 saturated carbocycles. The molecular weight excluding hydrogens is 388 g/mol. The Hall–Kier alpha value is -0.870. The Balaban J connectivity index is 1.60. The fourth-order valence-electron chi connectivity index (χ4n) is 9.10. The second-order valence-electron chi connectivity index (χ2n) is 11.8. The molecule has 2 N–H and O–H groups in total. The van der Waals surface area contributed by atoms with E-state index >= 15 is 0 Å². The van der Waals surface area contributed by atoms with Gasteiger partial charge in [-0.1, -0.05) is 26.8 Å². The number of carbonyl (C=O) groups excluding carboxylic acids is 1. The SMILES string of the molecule is C/C=C1\[C@@H](O)[C@@H]2[C@H](CC[C@]3(C)[C@@H]([C@H](C)CCC(=O)OC)CC[C@@H]23)[C@@]2(C)CC[C@@H](O)C[C@@H]12. The smallest absolute Gasteiger partial charge is 0.305 e. The number of aliphatic hydroxyl groups is 2. The molecule has 0 saturated heterocycles. The molecule has 0 bridgehead atoms. The maximum absolute atomic E-state index is 11.7. The Morgan fingerprint density at radius 2 is 1.81 bits per heavy atom. The van der Waals surface area contributed by atoms with Gasteiger partial charge in [-0.15, -0.1) is 0 Å². The third-order valence-electron chi connectivity index (χ3n) is 10.7. The van der Waals surface area contributed by atoms with Gasteiger partial charge in [0.05, 0.1) is 19.3 Å². The van der Waals surface area contributed by atoms with Crippen LogP contribution in [0.4, 0.5) is 0 Å². The number of fused-ring (bicyclic) bond motifs is 5. The molecule has 0 aromatic heterocycles. The van der Waals surface area contributed by atoms with Crippen molar-refractivity contribution in [1.29, 1.82) is 0 Å². The minimum atomic E-state index is -0.368. The predicted octanol–water partition coefficient (Wildman–Crippen LogP) is 5.12. The first-order chi connectivity index (χ1) is 14.7. The Labute approximate surface area is 188 Å². The number of ether oxygens (including phenoxy) is 1. The molecular formula is C27H44O4. The topological polar surface area (TPSA) is 66.8 Å². The summed E-state index contributed by atoms with van der Waals surface area (Å²) in [6.45, 7) is 9.35. The zero-order valence-corrected chi connectivity index (χ0v) is 20.3. The molecule has 4 nitrogen and oxygen atoms in total. The van der Waals surface area contributed by atoms with E-state index in [1.165, 1.54) is 38.4 Å². The van der Waals surface area contributed by atoms with Crippen molar-refractivity contribution in [2.24, 2.45) is 46.3 Å². The first kappa shape index (κ1) is 23.3. The summed E-state index contributed by atoms with van der Waals surface area (Å²) >= 11 is 0. The lowest BCUT2D eigenvalue weighted by atomic mass is 9.42. The predicted molar refractivity (Wildman–Crippen MR) is 122 cm³/mol. The summed E-state index contributed by atoms with van der Waals surface area (Å²) in [7, 11) is 1.47. The van der Waals surface area contributed by atoms with Gasteiger partial charge in [0.2, 0.25) is 0 Å². The van der Waals surface area contributed by atoms with E-state index in [2.05, 4.69) is 33.8 Å². The molecule has 4 fully saturated rings. The van der Waals surface area contributed by atoms with E-state index < -0.39 is 0 Å². The third kappa shape index (κ3) is 3.60. The van der Waals surface area contributed by atoms with Crippen molar-refractivity contribution >= 4 is 5.97 Å². The van der Waals surface area contributed by atoms with E-state index in [1.807, 2.05) is 0 Å². The van der Waals surface area contributed by atoms with Crippen LogP contribution in [0, 0.1) is 46.3 Å². The minimum absolute atomic E-state index is 0.103. The number of hydrogen-bond acceptors (Lipinski definition) is 4. The molecule has 0 amide bonds. The van der Waals surface area contributed by atoms with Gasteiger partial charge in [0, 0.05) is 6.42 Å². The number of hydrogen-bond donors (Lipinski definition) is 2. The van der Waals surface area contributed by atoms with Crippen molar-refractivity contribution in [1.82, 2.24) is 0 Å². The first-order valence-corrected chi connectivity index (χ1v) is 12.8. The molecule has 4 aliphatic carbocycles. The maximum Gasteiger partial charge on any atom is 0.305 e. The highest BCUT2D eigenvalue weighted by atomic mass is 16.5. The normalized spacial score (nSPS) is 49.1. The van der Waals surface area contributed by atoms with Gasteiger partial charge in [0.15, 0.2) is 0 Å². The van der Waals surface area contributed by atoms with Crippen LogP contribution < -0.4 is 0 Å². The molecule has 0 radical (unpaired) electrons. The van der Waals surface area contributed by atoms with Gasteiger partial charge >= 0.3 is 5.97 Å². The molecule has 0 aromatic rings. The number of rotatable bonds is 4. The van der Waals surface area contributed by atoms with Gasteiger partial charge in [0.25, 0.3) is 0 Å². The van der Waals surface area contributed by atoms with E-state index in [0.717, 1.165) is 25.7 Å². The lowest BCUT2D eigenvalue weighted by Crippen LogP contribution is -2.59. The molecule has 31 heavy (non-hydrogen) atoms. The summed E-state index contributed by atoms with van der Waals surface area (Å²) in [5, 5.41) is 22.1. The fourth-order valence-corrected chi connectivity index (χ4v) is 9.10. The van der Waals surface area contributed by atoms with E-state index in [-0.39, 0.29) is 29.0 Å². The molecule has 0 aliphatic heterocycles. The van der Waals surface area contributed by atoms with Crippen LogP contribution in [0.3, 0.4) is 0 Å². The largest absolute Gasteiger partial charge is 0.469 e. The highest BCUT2D eigenvalue weighted by molar-refractivity contribution is 5.69. The molecule has 4 rings (SSSR count). The number of allylic oxidation sites excluding steroid dienone is 1. The van der Waals surface area contributed by atoms with Crippen molar-refractivity contribution in [3.05, 3.63) is 11.6 Å². The van der Waals surface area contributed by atoms with Gasteiger partial charge < -0.3 is 14.9 Å². The zero-order valence-electron chi connectivity index (χ0n) is 20.3. The van der Waals surface area contributed by atoms with Crippen LogP contribution >= 0.6 is 0 Å². The number of esters is 1. The second kappa shape index (κ2) is 8.48. The Morgan fingerprint density at radius 3 is 2.48 bits per heavy atom. The average Bonchev–Trinajstić information content (AvgIpc) is 3.10. The zero-order chi connectivity index (χ0) is 22.6. The molecule has 4 aliphatic rings. The fraction of sp³-hybridized carbons (Fsp3) is 0.889. The molecule has 0 aromatic carbocycles. The van der Waals surface area contributed by atoms with Crippen LogP contribution in [0.15, 0.2) is 11.6 Å². The molecule has 4 heteroatoms. The van der Waals surface area contributed by atoms with Gasteiger partial charge in [-0.2, -0.15) is 0 Å². The van der Waals surface area contributed by atoms with E-state index in [4.69, 9.17) is 4.74 Å². The first-order valence-electron chi connectivity index (χ1n) is 12.8. The van der Waals surface area contributed by atoms with Crippen molar-refractivity contribution in [3.63, 3.8) is 0 Å². The molecule has 0 heterocycles. The summed E-state index contributed by atoms with van der Waals surface area (Å²) in [6.07, 6.45) is 10.6. The van der Waals surface area contributed by atoms with Gasteiger partial charge in [-0.25, -0.2) is 0 Å². The summed E-state index contributed by atoms with van der Waals surface area (Å²) < 4.78 is 4.88. The minimum Gasteiger partial charge on any atom is -0.469 e. The van der Waals surface area contributed by atoms with Crippen LogP contribution in [0.25, 0.3) is 0 Å². The van der Waals surface area contributed by atoms with Gasteiger partial charge in [-0.05, 0) is 110 Å². The molecule has 10 atom stereocenters. The monoisotopic (exact) mass is 432 g/mol. The van der Waals surface area contributed by atoms with Gasteiger partial charge in [-0.3, -0.25) is 4.79 Å². The number of methoxy groups -OCH3 is 1. The summed E-state index contributed by atoms with van der Waals surface area (Å²) in [5.74, 6) is 2.76. The average molecular weight is 433 g/mol. The standard InChI is InChI=1S/C27H44O4/c1-6-18-22-15-17(28)11-13-27(22,4)21-12-14-26(3)19(16(2)7-10-23(29)31-5)8-9-20(26)24(21)25(18)30/h6,16-17,19-22,24-25,28,30H,7-15H2,1-5H3/b18-6-/t16-,17-,19-,20+,21+,22+,24+,25-,26-,27-/m1/s1. The second-order valence-corrected chi connectivity index (χ2v) is 11.8. The summed E-state index contributed by atoms with van der Waals surface area (Å²) in [6, 6.07) is 0. The third-order valence-corrected chi connectivity index (χ3v) is 10.7. The van der Waals surface area contributed by atoms with Crippen LogP contribution in [0.5, 0.6) is 0 Å². The van der Waals surface area contributed by atoms with Crippen LogP contribution in [0.2, 0.25) is 0 Å². The highest BCUT2D eigenvalue weighted by Gasteiger charge is 2.63. The number of carbonyl (C=O) groups is 1. The summed E-state index contributed by atoms with van der Waals surface area (Å²) in [4.78, 5) is 11.7. The molecule has 0 unspecified atom stereocenters. The highest BCUT2D eigenvalue weighted by Crippen LogP contribution is 2.69. The Bertz CT molecular complexity index is 716. The lowest BCUT2D eigenvalue weighted by Gasteiger charge is -2.63. The van der Waals surface area contributed by atoms with Crippen LogP contribution in [-0.4, -0.2) is 35.5 Å². The van der Waals surface area contributed by atoms with Crippen molar-refractivity contribution in [2.45, 2.75) is 97.7 Å². The van der Waals surface area contributed by atoms with E-state index in [1.54, 1.807) is 0 Å². The summed E-state index contributed by atoms with van der Waals surface area (Å²) in [5.41, 5.74) is 1.64. The van der Waals surface area contributed by atoms with E-state index in [0.29, 0.717) is 41.9 Å². The molecule has 0 spiro atoms. The van der Waals surface area contributed by atoms with Crippen molar-refractivity contribution < 1.29 is 19.7 Å². The van der Waals surface area contributed by atoms with Crippen molar-refractivity contribution in [2.75, 3.05) is 7.11 Å². The van der Waals surface area contributed by atoms with Crippen molar-refractivity contribution in [3.8, 4) is 0 Å². The van der Waals surface area contributed by atoms with E-state index in [9.17, 15) is 15.0 Å². The van der Waals surface area contributed by atoms with Gasteiger partial charge in [0.1, 0.15) is 0 Å². The van der Waals surface area contributed by atoms with Crippen LogP contribution in [-0.2, 0) is 9.53 Å². The van der Waals surface area contributed by atoms with Crippen LogP contribution in [0.1, 0.15) is 85.5 Å². The molecule has 176 valence electrons. The Kier molecular flexibility index (Phi) is 6.37. The number of aliphatic hydroxyl groups excluding tert-OH is 2. The lowest BCUT2D eigenvalue weighted by molar-refractivity contribution is -0.148. The maximum atomic E-state index is 11.7. The Morgan fingerprint density at radius 1 is 1.13 bits per heavy atom.